The third-order valence-corrected chi connectivity index (χ3v) is 4.40. The van der Waals surface area contributed by atoms with Crippen LogP contribution in [0.5, 0.6) is 0 Å². The van der Waals surface area contributed by atoms with Crippen LogP contribution in [0.3, 0.4) is 0 Å². The first-order valence-corrected chi connectivity index (χ1v) is 6.57. The van der Waals surface area contributed by atoms with Gasteiger partial charge in [0.1, 0.15) is 0 Å². The van der Waals surface area contributed by atoms with Crippen LogP contribution in [0.1, 0.15) is 33.2 Å². The van der Waals surface area contributed by atoms with Gasteiger partial charge >= 0.3 is 0 Å². The van der Waals surface area contributed by atoms with Crippen molar-refractivity contribution in [3.63, 3.8) is 0 Å². The van der Waals surface area contributed by atoms with Gasteiger partial charge < -0.3 is 0 Å². The van der Waals surface area contributed by atoms with Crippen LogP contribution in [0.25, 0.3) is 0 Å². The second kappa shape index (κ2) is 3.99. The number of hydrogen-bond acceptors (Lipinski definition) is 1. The topological polar surface area (TPSA) is 0 Å². The maximum atomic E-state index is 2.27. The van der Waals surface area contributed by atoms with Crippen molar-refractivity contribution in [3.05, 3.63) is 59.7 Å². The maximum Gasteiger partial charge on any atom is 0.0160 e. The summed E-state index contributed by atoms with van der Waals surface area (Å²) >= 11 is 1.90. The van der Waals surface area contributed by atoms with Crippen LogP contribution >= 0.6 is 11.8 Å². The predicted octanol–water partition coefficient (Wildman–Crippen LogP) is 5.19. The number of fused-ring (bicyclic) bond motifs is 2. The van der Waals surface area contributed by atoms with Crippen LogP contribution < -0.4 is 0 Å². The zero-order valence-electron chi connectivity index (χ0n) is 9.31. The normalized spacial score (nSPS) is 14.3. The van der Waals surface area contributed by atoms with E-state index >= 15 is 0 Å². The molecule has 0 atom stereocenters. The van der Waals surface area contributed by atoms with E-state index in [2.05, 4.69) is 55.5 Å². The summed E-state index contributed by atoms with van der Waals surface area (Å²) in [5.74, 6) is 0.577. The van der Waals surface area contributed by atoms with Crippen LogP contribution in [-0.2, 0) is 0 Å². The number of rotatable bonds is 1. The largest absolute Gasteiger partial charge is 0.0895 e. The fraction of sp³-hybridized carbons (Fsp3) is 0.200. The molecule has 16 heavy (non-hydrogen) atoms. The van der Waals surface area contributed by atoms with Gasteiger partial charge in [-0.05, 0) is 29.7 Å². The summed E-state index contributed by atoms with van der Waals surface area (Å²) in [6.45, 7) is 2.27. The van der Waals surface area contributed by atoms with Gasteiger partial charge in [-0.1, -0.05) is 55.1 Å². The Hall–Kier alpha value is -1.21. The van der Waals surface area contributed by atoms with Gasteiger partial charge in [-0.2, -0.15) is 0 Å². The highest BCUT2D eigenvalue weighted by atomic mass is 32.2. The third kappa shape index (κ3) is 1.47. The van der Waals surface area contributed by atoms with E-state index < -0.39 is 0 Å². The monoisotopic (exact) mass is 230 g/mol. The van der Waals surface area contributed by atoms with E-state index in [0.29, 0.717) is 5.92 Å². The summed E-state index contributed by atoms with van der Waals surface area (Å²) in [6.07, 6.45) is 1.18. The van der Waals surface area contributed by atoms with Crippen molar-refractivity contribution in [2.24, 2.45) is 0 Å². The Labute approximate surface area is 104 Å². The lowest BCUT2D eigenvalue weighted by molar-refractivity contribution is 0.739. The molecule has 0 spiro atoms. The van der Waals surface area contributed by atoms with Crippen molar-refractivity contribution in [1.82, 2.24) is 0 Å². The quantitative estimate of drug-likeness (QED) is 0.650. The predicted molar refractivity (Wildman–Crippen MR) is 73.4 cm³/mol. The molecule has 0 bridgehead atoms. The minimum atomic E-state index is 0. The van der Waals surface area contributed by atoms with Crippen molar-refractivity contribution in [2.45, 2.75) is 29.1 Å². The van der Waals surface area contributed by atoms with Crippen LogP contribution in [0.15, 0.2) is 58.3 Å². The molecule has 0 aliphatic carbocycles. The summed E-state index contributed by atoms with van der Waals surface area (Å²) in [7, 11) is 0. The minimum Gasteiger partial charge on any atom is -0.0895 e. The highest BCUT2D eigenvalue weighted by Crippen LogP contribution is 2.46. The molecule has 0 fully saturated rings. The van der Waals surface area contributed by atoms with Gasteiger partial charge in [0.2, 0.25) is 0 Å². The lowest BCUT2D eigenvalue weighted by atomic mass is 9.89. The summed E-state index contributed by atoms with van der Waals surface area (Å²) in [4.78, 5) is 2.85. The molecule has 0 saturated heterocycles. The fourth-order valence-electron chi connectivity index (χ4n) is 2.45. The lowest BCUT2D eigenvalue weighted by Crippen LogP contribution is -2.06. The van der Waals surface area contributed by atoms with Crippen LogP contribution in [-0.4, -0.2) is 0 Å². The lowest BCUT2D eigenvalue weighted by Gasteiger charge is -2.26. The smallest absolute Gasteiger partial charge is 0.0160 e. The van der Waals surface area contributed by atoms with Crippen molar-refractivity contribution in [3.8, 4) is 0 Å². The maximum absolute atomic E-state index is 2.27. The SMILES string of the molecule is CCC1c2ccccc2Sc2ccccc21.[HH].[HH]. The Morgan fingerprint density at radius 3 is 1.94 bits per heavy atom. The van der Waals surface area contributed by atoms with E-state index in [1.54, 1.807) is 0 Å². The van der Waals surface area contributed by atoms with Gasteiger partial charge in [0.15, 0.2) is 0 Å². The van der Waals surface area contributed by atoms with Gasteiger partial charge in [-0.25, -0.2) is 0 Å². The molecule has 0 radical (unpaired) electrons. The number of hydrogen-bond donors (Lipinski definition) is 0. The zero-order valence-corrected chi connectivity index (χ0v) is 10.1. The molecule has 0 aromatic heterocycles. The molecule has 1 heteroatoms. The first-order valence-electron chi connectivity index (χ1n) is 5.76. The van der Waals surface area contributed by atoms with E-state index in [0.717, 1.165) is 0 Å². The van der Waals surface area contributed by atoms with Crippen molar-refractivity contribution >= 4 is 11.8 Å². The zero-order chi connectivity index (χ0) is 11.0. The van der Waals surface area contributed by atoms with Crippen LogP contribution in [0.4, 0.5) is 0 Å². The standard InChI is InChI=1S/C15H14S.2H2/c1-2-11-12-7-3-5-9-14(12)16-15-10-6-4-8-13(11)15;;/h3-11H,2H2,1H3;2*1H. The molecule has 1 heterocycles. The fourth-order valence-corrected chi connectivity index (χ4v) is 3.63. The molecule has 2 aromatic carbocycles. The summed E-state index contributed by atoms with van der Waals surface area (Å²) in [5, 5.41) is 0. The van der Waals surface area contributed by atoms with E-state index in [1.807, 2.05) is 11.8 Å². The van der Waals surface area contributed by atoms with Gasteiger partial charge in [0.05, 0.1) is 0 Å². The first kappa shape index (κ1) is 9.98. The van der Waals surface area contributed by atoms with Crippen molar-refractivity contribution in [2.75, 3.05) is 0 Å². The Bertz CT molecular complexity index is 480. The second-order valence-corrected chi connectivity index (χ2v) is 5.22. The second-order valence-electron chi connectivity index (χ2n) is 4.14. The highest BCUT2D eigenvalue weighted by Gasteiger charge is 2.23. The van der Waals surface area contributed by atoms with Crippen LogP contribution in [0.2, 0.25) is 0 Å². The molecule has 0 N–H and O–H groups in total. The molecule has 0 nitrogen and oxygen atoms in total. The van der Waals surface area contributed by atoms with E-state index in [-0.39, 0.29) is 2.85 Å². The van der Waals surface area contributed by atoms with Gasteiger partial charge in [0.25, 0.3) is 0 Å². The average Bonchev–Trinajstić information content (AvgIpc) is 2.36. The molecular formula is C15H18S. The molecule has 3 rings (SSSR count). The Morgan fingerprint density at radius 2 is 1.44 bits per heavy atom. The molecule has 0 saturated carbocycles. The Balaban J connectivity index is 0.000000810. The van der Waals surface area contributed by atoms with E-state index in [9.17, 15) is 0 Å². The molecule has 1 aliphatic heterocycles. The molecule has 2 aromatic rings. The average molecular weight is 230 g/mol. The summed E-state index contributed by atoms with van der Waals surface area (Å²) < 4.78 is 0. The molecule has 84 valence electrons. The summed E-state index contributed by atoms with van der Waals surface area (Å²) in [5.41, 5.74) is 2.99. The number of benzene rings is 2. The third-order valence-electron chi connectivity index (χ3n) is 3.22. The van der Waals surface area contributed by atoms with Crippen molar-refractivity contribution in [1.29, 1.82) is 0 Å². The Morgan fingerprint density at radius 1 is 0.938 bits per heavy atom. The van der Waals surface area contributed by atoms with Gasteiger partial charge in [-0.3, -0.25) is 0 Å². The summed E-state index contributed by atoms with van der Waals surface area (Å²) in [6, 6.07) is 17.6. The van der Waals surface area contributed by atoms with Crippen LogP contribution in [0, 0.1) is 0 Å². The molecule has 0 unspecified atom stereocenters. The molecule has 1 aliphatic rings. The van der Waals surface area contributed by atoms with E-state index in [1.165, 1.54) is 27.3 Å². The highest BCUT2D eigenvalue weighted by molar-refractivity contribution is 7.99. The Kier molecular flexibility index (Phi) is 2.49. The minimum absolute atomic E-state index is 0. The van der Waals surface area contributed by atoms with Crippen molar-refractivity contribution < 1.29 is 2.85 Å². The first-order chi connectivity index (χ1) is 7.90. The van der Waals surface area contributed by atoms with Gasteiger partial charge in [0, 0.05) is 18.6 Å². The molecular weight excluding hydrogens is 212 g/mol. The van der Waals surface area contributed by atoms with E-state index in [4.69, 9.17) is 0 Å². The molecule has 0 amide bonds. The van der Waals surface area contributed by atoms with Gasteiger partial charge in [-0.15, -0.1) is 0 Å².